The second-order valence-corrected chi connectivity index (χ2v) is 5.91. The Balaban J connectivity index is 0.00000162. The van der Waals surface area contributed by atoms with Crippen molar-refractivity contribution in [2.75, 3.05) is 19.6 Å². The van der Waals surface area contributed by atoms with Gasteiger partial charge in [0.1, 0.15) is 0 Å². The molecule has 2 aliphatic rings. The fourth-order valence-electron chi connectivity index (χ4n) is 3.22. The van der Waals surface area contributed by atoms with Crippen LogP contribution in [-0.2, 0) is 4.79 Å². The predicted octanol–water partition coefficient (Wildman–Crippen LogP) is 2.35. The van der Waals surface area contributed by atoms with Gasteiger partial charge >= 0.3 is 0 Å². The highest BCUT2D eigenvalue weighted by molar-refractivity contribution is 5.85. The van der Waals surface area contributed by atoms with Crippen molar-refractivity contribution in [2.24, 2.45) is 17.8 Å². The zero-order valence-corrected chi connectivity index (χ0v) is 12.2. The zero-order chi connectivity index (χ0) is 12.1. The van der Waals surface area contributed by atoms with E-state index in [1.807, 2.05) is 0 Å². The van der Waals surface area contributed by atoms with Crippen LogP contribution in [0.2, 0.25) is 0 Å². The van der Waals surface area contributed by atoms with E-state index in [1.54, 1.807) is 0 Å². The molecule has 2 atom stereocenters. The van der Waals surface area contributed by atoms with E-state index >= 15 is 0 Å². The number of piperidine rings is 1. The molecule has 2 fully saturated rings. The lowest BCUT2D eigenvalue weighted by Crippen LogP contribution is -2.40. The van der Waals surface area contributed by atoms with E-state index < -0.39 is 0 Å². The summed E-state index contributed by atoms with van der Waals surface area (Å²) >= 11 is 0. The fraction of sp³-hybridized carbons (Fsp3) is 0.929. The van der Waals surface area contributed by atoms with Gasteiger partial charge in [-0.2, -0.15) is 0 Å². The second-order valence-electron chi connectivity index (χ2n) is 5.91. The van der Waals surface area contributed by atoms with Crippen molar-refractivity contribution >= 4 is 18.3 Å². The van der Waals surface area contributed by atoms with Crippen molar-refractivity contribution in [3.8, 4) is 0 Å². The minimum absolute atomic E-state index is 0. The molecular formula is C14H27ClN2O. The lowest BCUT2D eigenvalue weighted by Gasteiger charge is -2.28. The lowest BCUT2D eigenvalue weighted by molar-refractivity contribution is -0.126. The van der Waals surface area contributed by atoms with Crippen LogP contribution in [0.4, 0.5) is 0 Å². The third kappa shape index (κ3) is 4.77. The van der Waals surface area contributed by atoms with Gasteiger partial charge in [-0.15, -0.1) is 12.4 Å². The van der Waals surface area contributed by atoms with E-state index in [4.69, 9.17) is 0 Å². The van der Waals surface area contributed by atoms with E-state index in [1.165, 1.54) is 25.7 Å². The molecule has 1 amide bonds. The van der Waals surface area contributed by atoms with Crippen LogP contribution in [0.3, 0.4) is 0 Å². The zero-order valence-electron chi connectivity index (χ0n) is 11.4. The summed E-state index contributed by atoms with van der Waals surface area (Å²) in [5.74, 6) is 2.14. The first kappa shape index (κ1) is 15.8. The molecule has 2 N–H and O–H groups in total. The number of nitrogens with one attached hydrogen (secondary N) is 2. The number of carbonyl (C=O) groups excluding carboxylic acids is 1. The predicted molar refractivity (Wildman–Crippen MR) is 77.0 cm³/mol. The van der Waals surface area contributed by atoms with Gasteiger partial charge < -0.3 is 10.6 Å². The Morgan fingerprint density at radius 3 is 2.61 bits per heavy atom. The van der Waals surface area contributed by atoms with Gasteiger partial charge in [0.15, 0.2) is 0 Å². The van der Waals surface area contributed by atoms with Gasteiger partial charge in [-0.3, -0.25) is 4.79 Å². The van der Waals surface area contributed by atoms with Crippen molar-refractivity contribution in [1.29, 1.82) is 0 Å². The number of hydrogen-bond acceptors (Lipinski definition) is 2. The molecule has 18 heavy (non-hydrogen) atoms. The molecule has 3 nitrogen and oxygen atoms in total. The van der Waals surface area contributed by atoms with E-state index in [9.17, 15) is 4.79 Å². The van der Waals surface area contributed by atoms with Crippen LogP contribution in [-0.4, -0.2) is 25.5 Å². The first-order valence-corrected chi connectivity index (χ1v) is 7.24. The van der Waals surface area contributed by atoms with E-state index in [2.05, 4.69) is 17.6 Å². The Kier molecular flexibility index (Phi) is 7.02. The summed E-state index contributed by atoms with van der Waals surface area (Å²) in [4.78, 5) is 12.0. The van der Waals surface area contributed by atoms with Crippen molar-refractivity contribution in [2.45, 2.75) is 45.4 Å². The molecule has 106 valence electrons. The summed E-state index contributed by atoms with van der Waals surface area (Å²) in [7, 11) is 0. The van der Waals surface area contributed by atoms with Crippen molar-refractivity contribution < 1.29 is 4.79 Å². The molecule has 0 radical (unpaired) electrons. The van der Waals surface area contributed by atoms with Gasteiger partial charge in [0.25, 0.3) is 0 Å². The number of amides is 1. The van der Waals surface area contributed by atoms with Gasteiger partial charge in [0, 0.05) is 12.5 Å². The van der Waals surface area contributed by atoms with Crippen molar-refractivity contribution in [3.63, 3.8) is 0 Å². The quantitative estimate of drug-likeness (QED) is 0.830. The Morgan fingerprint density at radius 1 is 1.22 bits per heavy atom. The second kappa shape index (κ2) is 8.00. The van der Waals surface area contributed by atoms with Gasteiger partial charge in [0.05, 0.1) is 0 Å². The molecule has 1 saturated carbocycles. The van der Waals surface area contributed by atoms with Gasteiger partial charge in [-0.05, 0) is 50.6 Å². The van der Waals surface area contributed by atoms with Crippen LogP contribution in [0, 0.1) is 17.8 Å². The molecule has 4 heteroatoms. The molecular weight excluding hydrogens is 248 g/mol. The normalized spacial score (nSPS) is 29.4. The monoisotopic (exact) mass is 274 g/mol. The topological polar surface area (TPSA) is 41.1 Å². The molecule has 1 heterocycles. The molecule has 2 rings (SSSR count). The number of hydrogen-bond donors (Lipinski definition) is 2. The van der Waals surface area contributed by atoms with Crippen LogP contribution in [0.5, 0.6) is 0 Å². The fourth-order valence-corrected chi connectivity index (χ4v) is 3.22. The minimum atomic E-state index is 0. The van der Waals surface area contributed by atoms with Crippen molar-refractivity contribution in [3.05, 3.63) is 0 Å². The first-order valence-electron chi connectivity index (χ1n) is 7.24. The lowest BCUT2D eigenvalue weighted by atomic mass is 9.82. The molecule has 1 aliphatic carbocycles. The third-order valence-electron chi connectivity index (χ3n) is 4.32. The molecule has 0 aromatic carbocycles. The van der Waals surface area contributed by atoms with Crippen LogP contribution < -0.4 is 10.6 Å². The smallest absolute Gasteiger partial charge is 0.223 e. The molecule has 0 aromatic rings. The maximum atomic E-state index is 12.0. The average Bonchev–Trinajstić information content (AvgIpc) is 2.37. The largest absolute Gasteiger partial charge is 0.356 e. The highest BCUT2D eigenvalue weighted by Gasteiger charge is 2.23. The van der Waals surface area contributed by atoms with Gasteiger partial charge in [0.2, 0.25) is 5.91 Å². The maximum absolute atomic E-state index is 12.0. The molecule has 2 unspecified atom stereocenters. The summed E-state index contributed by atoms with van der Waals surface area (Å²) in [6.07, 6.45) is 7.33. The highest BCUT2D eigenvalue weighted by Crippen LogP contribution is 2.28. The van der Waals surface area contributed by atoms with Crippen LogP contribution in [0.15, 0.2) is 0 Å². The third-order valence-corrected chi connectivity index (χ3v) is 4.32. The Hall–Kier alpha value is -0.280. The SMILES string of the molecule is CC1CCCC(CNC(=O)C2CCNCC2)C1.Cl. The number of rotatable bonds is 3. The summed E-state index contributed by atoms with van der Waals surface area (Å²) in [5.41, 5.74) is 0. The summed E-state index contributed by atoms with van der Waals surface area (Å²) in [5, 5.41) is 6.48. The van der Waals surface area contributed by atoms with Gasteiger partial charge in [-0.25, -0.2) is 0 Å². The summed E-state index contributed by atoms with van der Waals surface area (Å²) in [6, 6.07) is 0. The van der Waals surface area contributed by atoms with E-state index in [0.717, 1.165) is 44.3 Å². The minimum Gasteiger partial charge on any atom is -0.356 e. The molecule has 0 bridgehead atoms. The Labute approximate surface area is 117 Å². The van der Waals surface area contributed by atoms with Gasteiger partial charge in [-0.1, -0.05) is 19.8 Å². The van der Waals surface area contributed by atoms with Crippen LogP contribution in [0.25, 0.3) is 0 Å². The standard InChI is InChI=1S/C14H26N2O.ClH/c1-11-3-2-4-12(9-11)10-16-14(17)13-5-7-15-8-6-13;/h11-13,15H,2-10H2,1H3,(H,16,17);1H. The van der Waals surface area contributed by atoms with Crippen LogP contribution >= 0.6 is 12.4 Å². The molecule has 1 aliphatic heterocycles. The highest BCUT2D eigenvalue weighted by atomic mass is 35.5. The summed E-state index contributed by atoms with van der Waals surface area (Å²) < 4.78 is 0. The first-order chi connectivity index (χ1) is 8.25. The summed E-state index contributed by atoms with van der Waals surface area (Å²) in [6.45, 7) is 5.24. The van der Waals surface area contributed by atoms with Crippen LogP contribution in [0.1, 0.15) is 45.4 Å². The van der Waals surface area contributed by atoms with Crippen molar-refractivity contribution in [1.82, 2.24) is 10.6 Å². The molecule has 0 spiro atoms. The molecule has 0 aromatic heterocycles. The maximum Gasteiger partial charge on any atom is 0.223 e. The molecule has 1 saturated heterocycles. The Morgan fingerprint density at radius 2 is 1.94 bits per heavy atom. The number of carbonyl (C=O) groups is 1. The van der Waals surface area contributed by atoms with E-state index in [0.29, 0.717) is 5.91 Å². The Bertz CT molecular complexity index is 254. The average molecular weight is 275 g/mol. The number of halogens is 1. The van der Waals surface area contributed by atoms with E-state index in [-0.39, 0.29) is 18.3 Å².